The molecule has 116 valence electrons. The van der Waals surface area contributed by atoms with Gasteiger partial charge < -0.3 is 4.18 Å². The number of nitro groups is 1. The predicted molar refractivity (Wildman–Crippen MR) is 81.9 cm³/mol. The third kappa shape index (κ3) is 4.85. The Labute approximate surface area is 128 Å². The summed E-state index contributed by atoms with van der Waals surface area (Å²) in [5, 5.41) is 10.8. The Bertz CT molecular complexity index is 716. The minimum atomic E-state index is -3.93. The quantitative estimate of drug-likeness (QED) is 0.444. The van der Waals surface area contributed by atoms with Crippen LogP contribution >= 0.6 is 0 Å². The molecule has 0 N–H and O–H groups in total. The van der Waals surface area contributed by atoms with Crippen molar-refractivity contribution in [3.63, 3.8) is 0 Å². The standard InChI is InChI=1S/C15H15NO5S/c17-16(18)11-14(13-7-3-1-4-8-13)12-22(19,20)21-15-9-5-2-6-10-15/h1-10,14H,11-12H2/t14-/m1/s1. The van der Waals surface area contributed by atoms with Crippen LogP contribution in [0.1, 0.15) is 11.5 Å². The second kappa shape index (κ2) is 7.04. The first-order chi connectivity index (χ1) is 10.5. The number of para-hydroxylation sites is 1. The van der Waals surface area contributed by atoms with Gasteiger partial charge in [0.15, 0.2) is 0 Å². The Morgan fingerprint density at radius 3 is 2.09 bits per heavy atom. The summed E-state index contributed by atoms with van der Waals surface area (Å²) in [7, 11) is -3.93. The molecule has 0 saturated heterocycles. The van der Waals surface area contributed by atoms with Crippen LogP contribution in [0.2, 0.25) is 0 Å². The number of nitrogens with zero attached hydrogens (tertiary/aromatic N) is 1. The minimum Gasteiger partial charge on any atom is -0.382 e. The van der Waals surface area contributed by atoms with Gasteiger partial charge in [0, 0.05) is 4.92 Å². The summed E-state index contributed by atoms with van der Waals surface area (Å²) in [6.07, 6.45) is 0. The second-order valence-corrected chi connectivity index (χ2v) is 6.36. The molecule has 0 amide bonds. The van der Waals surface area contributed by atoms with Crippen molar-refractivity contribution in [1.29, 1.82) is 0 Å². The maximum Gasteiger partial charge on any atom is 0.310 e. The van der Waals surface area contributed by atoms with Gasteiger partial charge in [0.1, 0.15) is 5.75 Å². The van der Waals surface area contributed by atoms with Crippen molar-refractivity contribution in [3.8, 4) is 5.75 Å². The Morgan fingerprint density at radius 1 is 1.00 bits per heavy atom. The predicted octanol–water partition coefficient (Wildman–Crippen LogP) is 2.46. The third-order valence-corrected chi connectivity index (χ3v) is 4.27. The molecule has 0 spiro atoms. The summed E-state index contributed by atoms with van der Waals surface area (Å²) in [5.41, 5.74) is 0.597. The lowest BCUT2D eigenvalue weighted by molar-refractivity contribution is -0.482. The van der Waals surface area contributed by atoms with Crippen molar-refractivity contribution in [2.75, 3.05) is 12.3 Å². The van der Waals surface area contributed by atoms with Crippen molar-refractivity contribution in [1.82, 2.24) is 0 Å². The Morgan fingerprint density at radius 2 is 1.55 bits per heavy atom. The molecule has 0 aliphatic carbocycles. The van der Waals surface area contributed by atoms with Gasteiger partial charge in [-0.15, -0.1) is 0 Å². The van der Waals surface area contributed by atoms with Crippen LogP contribution in [0.25, 0.3) is 0 Å². The minimum absolute atomic E-state index is 0.190. The van der Waals surface area contributed by atoms with Crippen LogP contribution < -0.4 is 4.18 Å². The van der Waals surface area contributed by atoms with E-state index in [4.69, 9.17) is 4.18 Å². The molecule has 6 nitrogen and oxygen atoms in total. The highest BCUT2D eigenvalue weighted by molar-refractivity contribution is 7.87. The van der Waals surface area contributed by atoms with Crippen LogP contribution in [0.4, 0.5) is 0 Å². The lowest BCUT2D eigenvalue weighted by Gasteiger charge is -2.14. The SMILES string of the molecule is O=[N+]([O-])C[C@H](CS(=O)(=O)Oc1ccccc1)c1ccccc1. The summed E-state index contributed by atoms with van der Waals surface area (Å²) >= 11 is 0. The number of hydrogen-bond acceptors (Lipinski definition) is 5. The monoisotopic (exact) mass is 321 g/mol. The summed E-state index contributed by atoms with van der Waals surface area (Å²) in [6.45, 7) is -0.471. The van der Waals surface area contributed by atoms with Gasteiger partial charge >= 0.3 is 10.1 Å². The number of rotatable bonds is 7. The highest BCUT2D eigenvalue weighted by Crippen LogP contribution is 2.20. The van der Waals surface area contributed by atoms with Crippen molar-refractivity contribution in [2.24, 2.45) is 0 Å². The highest BCUT2D eigenvalue weighted by Gasteiger charge is 2.26. The molecule has 0 radical (unpaired) electrons. The van der Waals surface area contributed by atoms with Crippen molar-refractivity contribution in [2.45, 2.75) is 5.92 Å². The fourth-order valence-electron chi connectivity index (χ4n) is 2.06. The fourth-order valence-corrected chi connectivity index (χ4v) is 3.33. The van der Waals surface area contributed by atoms with Crippen LogP contribution in [-0.2, 0) is 10.1 Å². The van der Waals surface area contributed by atoms with Crippen LogP contribution in [-0.4, -0.2) is 25.6 Å². The maximum absolute atomic E-state index is 12.1. The molecule has 0 aliphatic heterocycles. The van der Waals surface area contributed by atoms with E-state index in [9.17, 15) is 18.5 Å². The summed E-state index contributed by atoms with van der Waals surface area (Å²) < 4.78 is 29.2. The molecule has 0 aliphatic rings. The van der Waals surface area contributed by atoms with E-state index >= 15 is 0 Å². The first-order valence-electron chi connectivity index (χ1n) is 6.60. The highest BCUT2D eigenvalue weighted by atomic mass is 32.2. The average molecular weight is 321 g/mol. The number of hydrogen-bond donors (Lipinski definition) is 0. The van der Waals surface area contributed by atoms with Gasteiger partial charge in [0.25, 0.3) is 0 Å². The first kappa shape index (κ1) is 16.0. The molecule has 22 heavy (non-hydrogen) atoms. The lowest BCUT2D eigenvalue weighted by Crippen LogP contribution is -2.24. The van der Waals surface area contributed by atoms with Gasteiger partial charge in [0.2, 0.25) is 6.54 Å². The smallest absolute Gasteiger partial charge is 0.310 e. The van der Waals surface area contributed by atoms with Crippen LogP contribution in [0, 0.1) is 10.1 Å². The van der Waals surface area contributed by atoms with Crippen LogP contribution in [0.5, 0.6) is 5.75 Å². The van der Waals surface area contributed by atoms with E-state index in [2.05, 4.69) is 0 Å². The van der Waals surface area contributed by atoms with Crippen molar-refractivity contribution >= 4 is 10.1 Å². The molecular weight excluding hydrogens is 306 g/mol. The first-order valence-corrected chi connectivity index (χ1v) is 8.18. The molecule has 0 unspecified atom stereocenters. The Hall–Kier alpha value is -2.41. The van der Waals surface area contributed by atoms with Crippen LogP contribution in [0.15, 0.2) is 60.7 Å². The average Bonchev–Trinajstić information content (AvgIpc) is 2.47. The molecule has 0 aromatic heterocycles. The van der Waals surface area contributed by atoms with Crippen molar-refractivity contribution in [3.05, 3.63) is 76.3 Å². The van der Waals surface area contributed by atoms with Crippen molar-refractivity contribution < 1.29 is 17.5 Å². The second-order valence-electron chi connectivity index (χ2n) is 4.74. The summed E-state index contributed by atoms with van der Waals surface area (Å²) in [4.78, 5) is 10.3. The summed E-state index contributed by atoms with van der Waals surface area (Å²) in [5.74, 6) is -1.02. The lowest BCUT2D eigenvalue weighted by atomic mass is 10.0. The largest absolute Gasteiger partial charge is 0.382 e. The summed E-state index contributed by atoms with van der Waals surface area (Å²) in [6, 6.07) is 16.6. The molecule has 0 bridgehead atoms. The molecule has 0 heterocycles. The van der Waals surface area contributed by atoms with E-state index in [0.717, 1.165) is 0 Å². The van der Waals surface area contributed by atoms with E-state index in [1.165, 1.54) is 12.1 Å². The Balaban J connectivity index is 2.17. The van der Waals surface area contributed by atoms with E-state index in [-0.39, 0.29) is 5.75 Å². The third-order valence-electron chi connectivity index (χ3n) is 3.01. The van der Waals surface area contributed by atoms with Gasteiger partial charge in [-0.2, -0.15) is 8.42 Å². The molecule has 2 rings (SSSR count). The topological polar surface area (TPSA) is 86.5 Å². The van der Waals surface area contributed by atoms with Gasteiger partial charge in [-0.3, -0.25) is 10.1 Å². The molecule has 7 heteroatoms. The molecule has 1 atom stereocenters. The number of benzene rings is 2. The van der Waals surface area contributed by atoms with Crippen LogP contribution in [0.3, 0.4) is 0 Å². The van der Waals surface area contributed by atoms with Gasteiger partial charge in [-0.05, 0) is 17.7 Å². The zero-order chi connectivity index (χ0) is 16.0. The molecule has 0 saturated carbocycles. The zero-order valence-electron chi connectivity index (χ0n) is 11.7. The van der Waals surface area contributed by atoms with E-state index in [0.29, 0.717) is 5.56 Å². The van der Waals surface area contributed by atoms with Gasteiger partial charge in [0.05, 0.1) is 11.7 Å². The van der Waals surface area contributed by atoms with E-state index in [1.807, 2.05) is 0 Å². The van der Waals surface area contributed by atoms with E-state index < -0.39 is 33.3 Å². The zero-order valence-corrected chi connectivity index (χ0v) is 12.5. The molecular formula is C15H15NO5S. The van der Waals surface area contributed by atoms with E-state index in [1.54, 1.807) is 48.5 Å². The van der Waals surface area contributed by atoms with Gasteiger partial charge in [-0.25, -0.2) is 0 Å². The molecule has 2 aromatic carbocycles. The molecule has 0 fully saturated rings. The molecule has 2 aromatic rings. The fraction of sp³-hybridized carbons (Fsp3) is 0.200. The normalized spacial score (nSPS) is 12.5. The maximum atomic E-state index is 12.1. The Kier molecular flexibility index (Phi) is 5.11. The van der Waals surface area contributed by atoms with Gasteiger partial charge in [-0.1, -0.05) is 48.5 Å².